The molecule has 0 unspecified atom stereocenters. The van der Waals surface area contributed by atoms with Gasteiger partial charge in [0.15, 0.2) is 0 Å². The van der Waals surface area contributed by atoms with Gasteiger partial charge in [0.25, 0.3) is 0 Å². The zero-order valence-electron chi connectivity index (χ0n) is 16.7. The standard InChI is InChI=1S/C22H30N2O3/c1-5-26-19-13-9-18(10-14-19)24-21(25)23-15-6-16-27-20-11-7-17(8-12-20)22(2,3)4/h7-14H,5-6,15-16H2,1-4H3,(H2,23,24,25). The quantitative estimate of drug-likeness (QED) is 0.645. The Bertz CT molecular complexity index is 704. The van der Waals surface area contributed by atoms with E-state index < -0.39 is 0 Å². The number of urea groups is 1. The molecule has 0 saturated heterocycles. The summed E-state index contributed by atoms with van der Waals surface area (Å²) in [5.41, 5.74) is 2.15. The first-order chi connectivity index (χ1) is 12.9. The number of hydrogen-bond donors (Lipinski definition) is 2. The molecular weight excluding hydrogens is 340 g/mol. The molecule has 2 N–H and O–H groups in total. The van der Waals surface area contributed by atoms with Gasteiger partial charge in [0.2, 0.25) is 0 Å². The van der Waals surface area contributed by atoms with Gasteiger partial charge in [-0.15, -0.1) is 0 Å². The molecule has 0 bridgehead atoms. The van der Waals surface area contributed by atoms with Crippen molar-refractivity contribution in [3.05, 3.63) is 54.1 Å². The summed E-state index contributed by atoms with van der Waals surface area (Å²) in [7, 11) is 0. The zero-order chi connectivity index (χ0) is 19.7. The summed E-state index contributed by atoms with van der Waals surface area (Å²) in [5.74, 6) is 1.64. The lowest BCUT2D eigenvalue weighted by atomic mass is 9.87. The summed E-state index contributed by atoms with van der Waals surface area (Å²) in [6, 6.07) is 15.2. The van der Waals surface area contributed by atoms with Gasteiger partial charge in [-0.05, 0) is 60.7 Å². The van der Waals surface area contributed by atoms with Gasteiger partial charge in [-0.2, -0.15) is 0 Å². The van der Waals surface area contributed by atoms with Crippen LogP contribution in [0.25, 0.3) is 0 Å². The summed E-state index contributed by atoms with van der Waals surface area (Å²) in [5, 5.41) is 5.62. The number of ether oxygens (including phenoxy) is 2. The summed E-state index contributed by atoms with van der Waals surface area (Å²) in [6.45, 7) is 10.2. The van der Waals surface area contributed by atoms with E-state index in [1.165, 1.54) is 5.56 Å². The first-order valence-corrected chi connectivity index (χ1v) is 9.39. The molecule has 2 amide bonds. The predicted octanol–water partition coefficient (Wildman–Crippen LogP) is 4.97. The first-order valence-electron chi connectivity index (χ1n) is 9.39. The van der Waals surface area contributed by atoms with Gasteiger partial charge in [-0.25, -0.2) is 4.79 Å². The van der Waals surface area contributed by atoms with E-state index in [2.05, 4.69) is 43.5 Å². The Hall–Kier alpha value is -2.69. The van der Waals surface area contributed by atoms with Crippen molar-refractivity contribution in [2.75, 3.05) is 25.1 Å². The van der Waals surface area contributed by atoms with Crippen LogP contribution >= 0.6 is 0 Å². The fourth-order valence-corrected chi connectivity index (χ4v) is 2.49. The molecule has 2 aromatic rings. The number of benzene rings is 2. The highest BCUT2D eigenvalue weighted by molar-refractivity contribution is 5.89. The van der Waals surface area contributed by atoms with Gasteiger partial charge >= 0.3 is 6.03 Å². The van der Waals surface area contributed by atoms with Crippen molar-refractivity contribution in [1.82, 2.24) is 5.32 Å². The summed E-state index contributed by atoms with van der Waals surface area (Å²) in [6.07, 6.45) is 0.734. The normalized spacial score (nSPS) is 11.0. The molecule has 2 rings (SSSR count). The van der Waals surface area contributed by atoms with Gasteiger partial charge in [0, 0.05) is 12.2 Å². The first kappa shape index (κ1) is 20.6. The van der Waals surface area contributed by atoms with Crippen LogP contribution in [0.5, 0.6) is 11.5 Å². The number of amides is 2. The maximum Gasteiger partial charge on any atom is 0.319 e. The molecule has 0 spiro atoms. The molecule has 0 aliphatic carbocycles. The summed E-state index contributed by atoms with van der Waals surface area (Å²) >= 11 is 0. The van der Waals surface area contributed by atoms with Crippen LogP contribution in [-0.4, -0.2) is 25.8 Å². The maximum atomic E-state index is 11.9. The third-order valence-electron chi connectivity index (χ3n) is 4.02. The lowest BCUT2D eigenvalue weighted by Crippen LogP contribution is -2.30. The molecule has 0 aliphatic rings. The van der Waals surface area contributed by atoms with E-state index in [0.29, 0.717) is 19.8 Å². The molecule has 0 heterocycles. The van der Waals surface area contributed by atoms with Crippen molar-refractivity contribution in [2.24, 2.45) is 0 Å². The molecule has 0 aromatic heterocycles. The summed E-state index contributed by atoms with van der Waals surface area (Å²) in [4.78, 5) is 11.9. The van der Waals surface area contributed by atoms with Gasteiger partial charge in [0.1, 0.15) is 11.5 Å². The number of nitrogens with one attached hydrogen (secondary N) is 2. The van der Waals surface area contributed by atoms with Gasteiger partial charge in [0.05, 0.1) is 13.2 Å². The molecule has 5 nitrogen and oxygen atoms in total. The van der Waals surface area contributed by atoms with Gasteiger partial charge < -0.3 is 20.1 Å². The highest BCUT2D eigenvalue weighted by atomic mass is 16.5. The minimum Gasteiger partial charge on any atom is -0.494 e. The van der Waals surface area contributed by atoms with E-state index >= 15 is 0 Å². The van der Waals surface area contributed by atoms with Crippen LogP contribution in [0, 0.1) is 0 Å². The molecule has 5 heteroatoms. The molecule has 2 aromatic carbocycles. The van der Waals surface area contributed by atoms with Crippen LogP contribution in [0.15, 0.2) is 48.5 Å². The Morgan fingerprint density at radius 3 is 2.11 bits per heavy atom. The van der Waals surface area contributed by atoms with E-state index in [9.17, 15) is 4.79 Å². The molecule has 0 aliphatic heterocycles. The Labute approximate surface area is 162 Å². The molecule has 0 fully saturated rings. The van der Waals surface area contributed by atoms with E-state index in [0.717, 1.165) is 23.6 Å². The average Bonchev–Trinajstić information content (AvgIpc) is 2.63. The molecule has 27 heavy (non-hydrogen) atoms. The second-order valence-electron chi connectivity index (χ2n) is 7.31. The fourth-order valence-electron chi connectivity index (χ4n) is 2.49. The van der Waals surface area contributed by atoms with Gasteiger partial charge in [-0.1, -0.05) is 32.9 Å². The number of hydrogen-bond acceptors (Lipinski definition) is 3. The Kier molecular flexibility index (Phi) is 7.53. The van der Waals surface area contributed by atoms with Crippen LogP contribution in [0.3, 0.4) is 0 Å². The van der Waals surface area contributed by atoms with E-state index in [-0.39, 0.29) is 11.4 Å². The molecule has 0 atom stereocenters. The van der Waals surface area contributed by atoms with Crippen LogP contribution < -0.4 is 20.1 Å². The fraction of sp³-hybridized carbons (Fsp3) is 0.409. The Balaban J connectivity index is 1.64. The lowest BCUT2D eigenvalue weighted by Gasteiger charge is -2.19. The van der Waals surface area contributed by atoms with Gasteiger partial charge in [-0.3, -0.25) is 0 Å². The van der Waals surface area contributed by atoms with Crippen LogP contribution in [0.2, 0.25) is 0 Å². The van der Waals surface area contributed by atoms with Crippen LogP contribution in [0.1, 0.15) is 39.7 Å². The van der Waals surface area contributed by atoms with Crippen molar-refractivity contribution in [3.8, 4) is 11.5 Å². The molecule has 0 saturated carbocycles. The van der Waals surface area contributed by atoms with E-state index in [1.807, 2.05) is 43.3 Å². The smallest absolute Gasteiger partial charge is 0.319 e. The monoisotopic (exact) mass is 370 g/mol. The Morgan fingerprint density at radius 2 is 1.52 bits per heavy atom. The molecular formula is C22H30N2O3. The summed E-state index contributed by atoms with van der Waals surface area (Å²) < 4.78 is 11.1. The highest BCUT2D eigenvalue weighted by Gasteiger charge is 2.12. The number of anilines is 1. The largest absolute Gasteiger partial charge is 0.494 e. The third-order valence-corrected chi connectivity index (χ3v) is 4.02. The molecule has 0 radical (unpaired) electrons. The second-order valence-corrected chi connectivity index (χ2v) is 7.31. The number of rotatable bonds is 8. The highest BCUT2D eigenvalue weighted by Crippen LogP contribution is 2.24. The zero-order valence-corrected chi connectivity index (χ0v) is 16.7. The van der Waals surface area contributed by atoms with Crippen LogP contribution in [0.4, 0.5) is 10.5 Å². The second kappa shape index (κ2) is 9.86. The van der Waals surface area contributed by atoms with Crippen molar-refractivity contribution in [1.29, 1.82) is 0 Å². The molecule has 146 valence electrons. The van der Waals surface area contributed by atoms with E-state index in [4.69, 9.17) is 9.47 Å². The minimum absolute atomic E-state index is 0.138. The maximum absolute atomic E-state index is 11.9. The van der Waals surface area contributed by atoms with Crippen LogP contribution in [-0.2, 0) is 5.41 Å². The van der Waals surface area contributed by atoms with Crippen molar-refractivity contribution < 1.29 is 14.3 Å². The SMILES string of the molecule is CCOc1ccc(NC(=O)NCCCOc2ccc(C(C)(C)C)cc2)cc1. The topological polar surface area (TPSA) is 59.6 Å². The number of carbonyl (C=O) groups excluding carboxylic acids is 1. The lowest BCUT2D eigenvalue weighted by molar-refractivity contribution is 0.250. The Morgan fingerprint density at radius 1 is 0.926 bits per heavy atom. The minimum atomic E-state index is -0.228. The average molecular weight is 370 g/mol. The van der Waals surface area contributed by atoms with Crippen molar-refractivity contribution in [3.63, 3.8) is 0 Å². The van der Waals surface area contributed by atoms with E-state index in [1.54, 1.807) is 0 Å². The predicted molar refractivity (Wildman–Crippen MR) is 110 cm³/mol. The third kappa shape index (κ3) is 7.21. The van der Waals surface area contributed by atoms with Crippen molar-refractivity contribution in [2.45, 2.75) is 39.5 Å². The van der Waals surface area contributed by atoms with Crippen molar-refractivity contribution >= 4 is 11.7 Å². The number of carbonyl (C=O) groups is 1.